The maximum atomic E-state index is 5.12. The van der Waals surface area contributed by atoms with Crippen molar-refractivity contribution >= 4 is 17.5 Å². The fourth-order valence-electron chi connectivity index (χ4n) is 1.38. The summed E-state index contributed by atoms with van der Waals surface area (Å²) in [6, 6.07) is 8.56. The van der Waals surface area contributed by atoms with Gasteiger partial charge in [-0.3, -0.25) is 0 Å². The van der Waals surface area contributed by atoms with Gasteiger partial charge in [-0.15, -0.1) is 11.8 Å². The molecular weight excluding hydrogens is 230 g/mol. The van der Waals surface area contributed by atoms with Crippen LogP contribution in [0.3, 0.4) is 0 Å². The Kier molecular flexibility index (Phi) is 6.48. The van der Waals surface area contributed by atoms with Crippen molar-refractivity contribution in [2.75, 3.05) is 12.9 Å². The molecule has 0 fully saturated rings. The van der Waals surface area contributed by atoms with E-state index >= 15 is 0 Å². The minimum absolute atomic E-state index is 0.467. The molecule has 0 aromatic heterocycles. The van der Waals surface area contributed by atoms with E-state index in [1.165, 1.54) is 10.5 Å². The molecule has 92 valence electrons. The first kappa shape index (κ1) is 13.8. The Morgan fingerprint density at radius 2 is 2.12 bits per heavy atom. The number of thioether (sulfide) groups is 1. The van der Waals surface area contributed by atoms with Crippen molar-refractivity contribution in [2.45, 2.75) is 24.7 Å². The number of hydrogen-bond donors (Lipinski definition) is 0. The molecule has 1 aromatic rings. The molecule has 1 aromatic carbocycles. The summed E-state index contributed by atoms with van der Waals surface area (Å²) in [7, 11) is 0. The minimum atomic E-state index is 0.467. The van der Waals surface area contributed by atoms with Gasteiger partial charge in [0, 0.05) is 11.3 Å². The zero-order chi connectivity index (χ0) is 12.5. The summed E-state index contributed by atoms with van der Waals surface area (Å²) >= 11 is 1.75. The molecule has 0 radical (unpaired) electrons. The van der Waals surface area contributed by atoms with Crippen molar-refractivity contribution in [3.63, 3.8) is 0 Å². The highest BCUT2D eigenvalue weighted by Crippen LogP contribution is 2.15. The predicted octanol–water partition coefficient (Wildman–Crippen LogP) is 3.92. The van der Waals surface area contributed by atoms with Gasteiger partial charge < -0.3 is 4.84 Å². The van der Waals surface area contributed by atoms with Crippen molar-refractivity contribution < 1.29 is 4.84 Å². The molecule has 0 N–H and O–H groups in total. The molecule has 17 heavy (non-hydrogen) atoms. The van der Waals surface area contributed by atoms with Crippen LogP contribution >= 0.6 is 11.8 Å². The van der Waals surface area contributed by atoms with Crippen molar-refractivity contribution in [3.05, 3.63) is 42.5 Å². The van der Waals surface area contributed by atoms with Crippen LogP contribution in [0, 0.1) is 0 Å². The molecule has 3 heteroatoms. The summed E-state index contributed by atoms with van der Waals surface area (Å²) in [6.45, 7) is 6.15. The highest BCUT2D eigenvalue weighted by molar-refractivity contribution is 7.98. The van der Waals surface area contributed by atoms with Gasteiger partial charge in [-0.1, -0.05) is 36.9 Å². The lowest BCUT2D eigenvalue weighted by Crippen LogP contribution is -2.02. The first-order chi connectivity index (χ1) is 8.30. The second kappa shape index (κ2) is 7.96. The van der Waals surface area contributed by atoms with Crippen LogP contribution in [0.5, 0.6) is 0 Å². The maximum Gasteiger partial charge on any atom is 0.135 e. The number of oxime groups is 1. The van der Waals surface area contributed by atoms with Crippen molar-refractivity contribution in [1.29, 1.82) is 0 Å². The highest BCUT2D eigenvalue weighted by Gasteiger charge is 2.00. The van der Waals surface area contributed by atoms with E-state index in [1.807, 2.05) is 0 Å². The Morgan fingerprint density at radius 1 is 1.41 bits per heavy atom. The van der Waals surface area contributed by atoms with Crippen molar-refractivity contribution in [3.8, 4) is 0 Å². The third-order valence-electron chi connectivity index (χ3n) is 2.36. The molecule has 0 atom stereocenters. The van der Waals surface area contributed by atoms with Gasteiger partial charge >= 0.3 is 0 Å². The monoisotopic (exact) mass is 249 g/mol. The first-order valence-corrected chi connectivity index (χ1v) is 6.94. The number of rotatable bonds is 7. The smallest absolute Gasteiger partial charge is 0.135 e. The molecule has 0 heterocycles. The second-order valence-electron chi connectivity index (χ2n) is 3.62. The quantitative estimate of drug-likeness (QED) is 0.240. The van der Waals surface area contributed by atoms with Crippen molar-refractivity contribution in [2.24, 2.45) is 5.16 Å². The molecule has 0 amide bonds. The van der Waals surface area contributed by atoms with Crippen LogP contribution < -0.4 is 0 Å². The Balaban J connectivity index is 2.60. The lowest BCUT2D eigenvalue weighted by molar-refractivity contribution is 0.173. The lowest BCUT2D eigenvalue weighted by Gasteiger charge is -2.04. The topological polar surface area (TPSA) is 21.6 Å². The van der Waals surface area contributed by atoms with Crippen LogP contribution in [0.1, 0.15) is 18.9 Å². The fraction of sp³-hybridized carbons (Fsp3) is 0.357. The van der Waals surface area contributed by atoms with Crippen LogP contribution in [-0.4, -0.2) is 18.6 Å². The Bertz CT molecular complexity index is 370. The first-order valence-electron chi connectivity index (χ1n) is 5.71. The van der Waals surface area contributed by atoms with E-state index in [1.54, 1.807) is 17.8 Å². The molecule has 0 aliphatic carbocycles. The average molecular weight is 249 g/mol. The normalized spacial score (nSPS) is 11.3. The number of nitrogens with zero attached hydrogens (tertiary/aromatic N) is 1. The van der Waals surface area contributed by atoms with Gasteiger partial charge in [-0.05, 0) is 30.4 Å². The number of benzene rings is 1. The molecule has 0 aliphatic rings. The lowest BCUT2D eigenvalue weighted by atomic mass is 10.1. The SMILES string of the molecule is C=CCO/N=C(\CC)Cc1ccc(SC)cc1. The van der Waals surface area contributed by atoms with Gasteiger partial charge in [0.2, 0.25) is 0 Å². The summed E-state index contributed by atoms with van der Waals surface area (Å²) in [6.07, 6.45) is 5.53. The minimum Gasteiger partial charge on any atom is -0.392 e. The van der Waals surface area contributed by atoms with Crippen molar-refractivity contribution in [1.82, 2.24) is 0 Å². The van der Waals surface area contributed by atoms with Crippen LogP contribution in [0.4, 0.5) is 0 Å². The van der Waals surface area contributed by atoms with Gasteiger partial charge in [0.15, 0.2) is 0 Å². The van der Waals surface area contributed by atoms with E-state index in [0.29, 0.717) is 6.61 Å². The summed E-state index contributed by atoms with van der Waals surface area (Å²) in [5.41, 5.74) is 2.33. The van der Waals surface area contributed by atoms with E-state index in [4.69, 9.17) is 4.84 Å². The van der Waals surface area contributed by atoms with Gasteiger partial charge in [-0.2, -0.15) is 0 Å². The third kappa shape index (κ3) is 5.09. The van der Waals surface area contributed by atoms with E-state index < -0.39 is 0 Å². The van der Waals surface area contributed by atoms with Crippen LogP contribution in [-0.2, 0) is 11.3 Å². The van der Waals surface area contributed by atoms with E-state index in [-0.39, 0.29) is 0 Å². The summed E-state index contributed by atoms with van der Waals surface area (Å²) in [5, 5.41) is 4.11. The molecule has 1 rings (SSSR count). The van der Waals surface area contributed by atoms with Crippen LogP contribution in [0.15, 0.2) is 47.0 Å². The summed E-state index contributed by atoms with van der Waals surface area (Å²) in [4.78, 5) is 6.40. The molecular formula is C14H19NOS. The summed E-state index contributed by atoms with van der Waals surface area (Å²) < 4.78 is 0. The molecule has 0 bridgehead atoms. The largest absolute Gasteiger partial charge is 0.392 e. The predicted molar refractivity (Wildman–Crippen MR) is 75.8 cm³/mol. The highest BCUT2D eigenvalue weighted by atomic mass is 32.2. The zero-order valence-corrected chi connectivity index (χ0v) is 11.3. The third-order valence-corrected chi connectivity index (χ3v) is 3.10. The second-order valence-corrected chi connectivity index (χ2v) is 4.50. The summed E-state index contributed by atoms with van der Waals surface area (Å²) in [5.74, 6) is 0. The molecule has 0 spiro atoms. The van der Waals surface area contributed by atoms with Gasteiger partial charge in [-0.25, -0.2) is 0 Å². The average Bonchev–Trinajstić information content (AvgIpc) is 2.38. The Labute approximate surface area is 108 Å². The van der Waals surface area contributed by atoms with Crippen LogP contribution in [0.2, 0.25) is 0 Å². The van der Waals surface area contributed by atoms with Gasteiger partial charge in [0.25, 0.3) is 0 Å². The molecule has 0 saturated heterocycles. The molecule has 0 saturated carbocycles. The fourth-order valence-corrected chi connectivity index (χ4v) is 1.79. The van der Waals surface area contributed by atoms with Gasteiger partial charge in [0.05, 0.1) is 5.71 Å². The van der Waals surface area contributed by atoms with E-state index in [2.05, 4.69) is 49.2 Å². The molecule has 0 unspecified atom stereocenters. The molecule has 2 nitrogen and oxygen atoms in total. The Hall–Kier alpha value is -1.22. The zero-order valence-electron chi connectivity index (χ0n) is 10.5. The van der Waals surface area contributed by atoms with E-state index in [9.17, 15) is 0 Å². The Morgan fingerprint density at radius 3 is 2.65 bits per heavy atom. The maximum absolute atomic E-state index is 5.12. The molecule has 0 aliphatic heterocycles. The standard InChI is InChI=1S/C14H19NOS/c1-4-10-16-15-13(5-2)11-12-6-8-14(17-3)9-7-12/h4,6-9H,1,5,10-11H2,2-3H3/b15-13+. The number of hydrogen-bond acceptors (Lipinski definition) is 3. The van der Waals surface area contributed by atoms with Crippen LogP contribution in [0.25, 0.3) is 0 Å². The van der Waals surface area contributed by atoms with E-state index in [0.717, 1.165) is 18.6 Å². The van der Waals surface area contributed by atoms with Gasteiger partial charge in [0.1, 0.15) is 6.61 Å².